The maximum absolute atomic E-state index is 6.54. The van der Waals surface area contributed by atoms with Crippen LogP contribution in [0.3, 0.4) is 0 Å². The quantitative estimate of drug-likeness (QED) is 0.461. The van der Waals surface area contributed by atoms with Gasteiger partial charge in [0, 0.05) is 12.2 Å². The smallest absolute Gasteiger partial charge is 0.296 e. The van der Waals surface area contributed by atoms with E-state index in [-0.39, 0.29) is 18.3 Å². The Labute approximate surface area is 189 Å². The first-order valence-electron chi connectivity index (χ1n) is 10.5. The standard InChI is InChI=1S/C24H20ClN3O4/c25-17-12-18-23(28-24(26-18)32-20-13-30-19-10-11-29-22(19)20)27-21(17)14-6-8-16(9-7-14)31-15-4-2-1-3-5-15/h1-9,12,19-20,22H,10-11,13H2,(H,26,27,28). The van der Waals surface area contributed by atoms with Gasteiger partial charge in [0.05, 0.1) is 28.9 Å². The van der Waals surface area contributed by atoms with Crippen LogP contribution in [0, 0.1) is 0 Å². The van der Waals surface area contributed by atoms with Gasteiger partial charge in [-0.25, -0.2) is 4.98 Å². The van der Waals surface area contributed by atoms with Gasteiger partial charge < -0.3 is 23.9 Å². The molecule has 2 saturated heterocycles. The summed E-state index contributed by atoms with van der Waals surface area (Å²) in [5.41, 5.74) is 2.76. The van der Waals surface area contributed by atoms with Crippen molar-refractivity contribution in [3.05, 3.63) is 65.7 Å². The molecule has 32 heavy (non-hydrogen) atoms. The van der Waals surface area contributed by atoms with E-state index in [0.29, 0.717) is 41.1 Å². The number of hydrogen-bond donors (Lipinski definition) is 1. The van der Waals surface area contributed by atoms with E-state index in [0.717, 1.165) is 23.5 Å². The van der Waals surface area contributed by atoms with Crippen molar-refractivity contribution in [2.75, 3.05) is 13.2 Å². The lowest BCUT2D eigenvalue weighted by Gasteiger charge is -2.15. The maximum atomic E-state index is 6.54. The average Bonchev–Trinajstić information content (AvgIpc) is 3.52. The summed E-state index contributed by atoms with van der Waals surface area (Å²) < 4.78 is 23.4. The first kappa shape index (κ1) is 19.5. The molecular weight excluding hydrogens is 430 g/mol. The second kappa shape index (κ2) is 8.09. The second-order valence-corrected chi connectivity index (χ2v) is 8.23. The van der Waals surface area contributed by atoms with Crippen LogP contribution < -0.4 is 9.47 Å². The number of ether oxygens (including phenoxy) is 4. The molecule has 2 aliphatic heterocycles. The SMILES string of the molecule is Clc1cc2[nH]c(OC3COC4CCOC43)nc2nc1-c1ccc(Oc2ccccc2)cc1. The van der Waals surface area contributed by atoms with E-state index in [9.17, 15) is 0 Å². The number of H-pyrrole nitrogens is 1. The van der Waals surface area contributed by atoms with Gasteiger partial charge >= 0.3 is 0 Å². The van der Waals surface area contributed by atoms with Gasteiger partial charge in [-0.15, -0.1) is 0 Å². The fourth-order valence-electron chi connectivity index (χ4n) is 4.13. The first-order chi connectivity index (χ1) is 15.7. The molecule has 2 aromatic carbocycles. The van der Waals surface area contributed by atoms with E-state index in [2.05, 4.69) is 15.0 Å². The largest absolute Gasteiger partial charge is 0.457 e. The van der Waals surface area contributed by atoms with E-state index in [1.165, 1.54) is 0 Å². The third kappa shape index (κ3) is 3.68. The molecule has 162 valence electrons. The Morgan fingerprint density at radius 3 is 2.62 bits per heavy atom. The van der Waals surface area contributed by atoms with Gasteiger partial charge in [-0.2, -0.15) is 4.98 Å². The Morgan fingerprint density at radius 2 is 1.78 bits per heavy atom. The summed E-state index contributed by atoms with van der Waals surface area (Å²) in [4.78, 5) is 12.3. The van der Waals surface area contributed by atoms with Gasteiger partial charge in [0.25, 0.3) is 6.01 Å². The molecule has 2 fully saturated rings. The molecule has 0 radical (unpaired) electrons. The first-order valence-corrected chi connectivity index (χ1v) is 10.9. The topological polar surface area (TPSA) is 78.5 Å². The Bertz CT molecular complexity index is 1250. The molecule has 6 rings (SSSR count). The summed E-state index contributed by atoms with van der Waals surface area (Å²) in [7, 11) is 0. The number of fused-ring (bicyclic) bond motifs is 2. The van der Waals surface area contributed by atoms with Gasteiger partial charge in [-0.1, -0.05) is 29.8 Å². The van der Waals surface area contributed by atoms with Crippen LogP contribution in [-0.2, 0) is 9.47 Å². The zero-order valence-electron chi connectivity index (χ0n) is 17.0. The summed E-state index contributed by atoms with van der Waals surface area (Å²) in [5.74, 6) is 1.52. The van der Waals surface area contributed by atoms with Gasteiger partial charge in [-0.05, 0) is 48.9 Å². The molecule has 4 heterocycles. The van der Waals surface area contributed by atoms with E-state index in [4.69, 9.17) is 30.5 Å². The van der Waals surface area contributed by atoms with Crippen LogP contribution >= 0.6 is 11.6 Å². The predicted octanol–water partition coefficient (Wildman–Crippen LogP) is 5.01. The van der Waals surface area contributed by atoms with E-state index >= 15 is 0 Å². The lowest BCUT2D eigenvalue weighted by atomic mass is 10.1. The number of nitrogens with one attached hydrogen (secondary N) is 1. The van der Waals surface area contributed by atoms with Crippen LogP contribution in [0.2, 0.25) is 5.02 Å². The van der Waals surface area contributed by atoms with E-state index in [1.54, 1.807) is 0 Å². The number of halogens is 1. The highest BCUT2D eigenvalue weighted by Crippen LogP contribution is 2.33. The summed E-state index contributed by atoms with van der Waals surface area (Å²) in [6.07, 6.45) is 0.778. The van der Waals surface area contributed by atoms with E-state index < -0.39 is 0 Å². The summed E-state index contributed by atoms with van der Waals surface area (Å²) >= 11 is 6.54. The highest BCUT2D eigenvalue weighted by Gasteiger charge is 2.43. The number of hydrogen-bond acceptors (Lipinski definition) is 6. The Hall–Kier alpha value is -3.13. The number of pyridine rings is 1. The fourth-order valence-corrected chi connectivity index (χ4v) is 4.39. The normalized spacial score (nSPS) is 22.2. The number of imidazole rings is 1. The molecule has 2 aromatic heterocycles. The monoisotopic (exact) mass is 449 g/mol. The summed E-state index contributed by atoms with van der Waals surface area (Å²) in [5, 5.41) is 0.521. The van der Waals surface area contributed by atoms with Gasteiger partial charge in [0.15, 0.2) is 11.8 Å². The molecule has 7 nitrogen and oxygen atoms in total. The number of benzene rings is 2. The Morgan fingerprint density at radius 1 is 0.969 bits per heavy atom. The van der Waals surface area contributed by atoms with Gasteiger partial charge in [0.1, 0.15) is 17.6 Å². The zero-order chi connectivity index (χ0) is 21.5. The minimum Gasteiger partial charge on any atom is -0.457 e. The van der Waals surface area contributed by atoms with Crippen LogP contribution in [0.15, 0.2) is 60.7 Å². The van der Waals surface area contributed by atoms with E-state index in [1.807, 2.05) is 60.7 Å². The Kier molecular flexibility index (Phi) is 4.94. The van der Waals surface area contributed by atoms with Crippen molar-refractivity contribution >= 4 is 22.8 Å². The average molecular weight is 450 g/mol. The van der Waals surface area contributed by atoms with Crippen LogP contribution in [0.1, 0.15) is 6.42 Å². The summed E-state index contributed by atoms with van der Waals surface area (Å²) in [6, 6.07) is 19.5. The zero-order valence-corrected chi connectivity index (χ0v) is 17.8. The maximum Gasteiger partial charge on any atom is 0.296 e. The number of aromatic amines is 1. The van der Waals surface area contributed by atoms with Gasteiger partial charge in [-0.3, -0.25) is 0 Å². The number of aromatic nitrogens is 3. The molecule has 0 amide bonds. The molecule has 0 aliphatic carbocycles. The lowest BCUT2D eigenvalue weighted by molar-refractivity contribution is 0.0273. The minimum absolute atomic E-state index is 0.0491. The Balaban J connectivity index is 1.23. The van der Waals surface area contributed by atoms with Crippen molar-refractivity contribution in [2.24, 2.45) is 0 Å². The number of rotatable bonds is 5. The highest BCUT2D eigenvalue weighted by molar-refractivity contribution is 6.33. The van der Waals surface area contributed by atoms with Crippen LogP contribution in [0.5, 0.6) is 17.5 Å². The van der Waals surface area contributed by atoms with Crippen molar-refractivity contribution in [1.82, 2.24) is 15.0 Å². The van der Waals surface area contributed by atoms with Crippen molar-refractivity contribution in [1.29, 1.82) is 0 Å². The number of nitrogens with zero attached hydrogens (tertiary/aromatic N) is 2. The van der Waals surface area contributed by atoms with Crippen molar-refractivity contribution in [2.45, 2.75) is 24.7 Å². The predicted molar refractivity (Wildman–Crippen MR) is 119 cm³/mol. The second-order valence-electron chi connectivity index (χ2n) is 7.82. The van der Waals surface area contributed by atoms with Gasteiger partial charge in [0.2, 0.25) is 0 Å². The van der Waals surface area contributed by atoms with Crippen LogP contribution in [0.4, 0.5) is 0 Å². The molecule has 0 spiro atoms. The van der Waals surface area contributed by atoms with Crippen molar-refractivity contribution in [3.8, 4) is 28.8 Å². The van der Waals surface area contributed by atoms with Crippen molar-refractivity contribution < 1.29 is 18.9 Å². The highest BCUT2D eigenvalue weighted by atomic mass is 35.5. The lowest BCUT2D eigenvalue weighted by Crippen LogP contribution is -2.32. The fraction of sp³-hybridized carbons (Fsp3) is 0.250. The minimum atomic E-state index is -0.185. The van der Waals surface area contributed by atoms with Crippen molar-refractivity contribution in [3.63, 3.8) is 0 Å². The molecule has 3 atom stereocenters. The summed E-state index contributed by atoms with van der Waals surface area (Å²) in [6.45, 7) is 1.19. The molecular formula is C24H20ClN3O4. The molecule has 3 unspecified atom stereocenters. The third-order valence-electron chi connectivity index (χ3n) is 5.69. The molecule has 1 N–H and O–H groups in total. The molecule has 2 aliphatic rings. The van der Waals surface area contributed by atoms with Crippen LogP contribution in [0.25, 0.3) is 22.4 Å². The molecule has 0 bridgehead atoms. The number of para-hydroxylation sites is 1. The molecule has 0 saturated carbocycles. The molecule has 8 heteroatoms. The third-order valence-corrected chi connectivity index (χ3v) is 5.98. The molecule has 4 aromatic rings. The van der Waals surface area contributed by atoms with Crippen LogP contribution in [-0.4, -0.2) is 46.5 Å².